The van der Waals surface area contributed by atoms with E-state index in [0.29, 0.717) is 36.2 Å². The molecule has 2 heterocycles. The number of aliphatic carboxylic acids is 1. The minimum atomic E-state index is -0.592. The SMILES string of the molecule is CO[C@@H]1C[C@@]23COC[C@@](C)([C@@H]2CC[C@H]2C3=CC[C@@]3(C)[C@H](C(=O)O)[C@@](C)([C@H](C)C(C)C)CC[C@]23C)[C@H]1OC[C@@](C)(C(C)C)N1CCCCC1. The lowest BCUT2D eigenvalue weighted by atomic mass is 9.34. The van der Waals surface area contributed by atoms with Gasteiger partial charge in [0.2, 0.25) is 0 Å². The Morgan fingerprint density at radius 2 is 1.71 bits per heavy atom. The van der Waals surface area contributed by atoms with Gasteiger partial charge in [-0.05, 0) is 117 Å². The number of fused-ring (bicyclic) bond motifs is 3. The highest BCUT2D eigenvalue weighted by atomic mass is 16.5. The third-order valence-electron chi connectivity index (χ3n) is 17.2. The highest BCUT2D eigenvalue weighted by Gasteiger charge is 2.72. The fourth-order valence-electron chi connectivity index (χ4n) is 13.4. The van der Waals surface area contributed by atoms with E-state index < -0.39 is 5.97 Å². The molecule has 6 aliphatic rings. The lowest BCUT2D eigenvalue weighted by Gasteiger charge is -2.71. The van der Waals surface area contributed by atoms with Gasteiger partial charge in [0, 0.05) is 23.5 Å². The van der Waals surface area contributed by atoms with E-state index >= 15 is 0 Å². The van der Waals surface area contributed by atoms with Crippen LogP contribution >= 0.6 is 0 Å². The number of hydrogen-bond acceptors (Lipinski definition) is 5. The third kappa shape index (κ3) is 5.09. The standard InChI is InChI=1S/C42H71NO5/c1-27(2)29(5)37(6)19-20-39(8)30-15-16-33-38(7)24-47-26-42(33,31(30)17-18-40(39,9)34(37)36(44)45)23-32(46-11)35(38)48-25-41(10,28(3)4)43-21-13-12-14-22-43/h17,27-30,32-35H,12-16,18-26H2,1-11H3,(H,44,45)/t29-,30+,32-,33+,34-,35+,37-,38+,39-,40+,41+,42+/m1/s1. The summed E-state index contributed by atoms with van der Waals surface area (Å²) in [5, 5.41) is 11.0. The second-order valence-electron chi connectivity index (χ2n) is 19.6. The van der Waals surface area contributed by atoms with E-state index in [1.165, 1.54) is 19.3 Å². The Balaban J connectivity index is 1.34. The molecule has 6 nitrogen and oxygen atoms in total. The van der Waals surface area contributed by atoms with Crippen LogP contribution in [0, 0.1) is 62.6 Å². The molecule has 5 fully saturated rings. The van der Waals surface area contributed by atoms with Crippen LogP contribution in [0.1, 0.15) is 127 Å². The van der Waals surface area contributed by atoms with E-state index in [-0.39, 0.29) is 50.7 Å². The van der Waals surface area contributed by atoms with Crippen LogP contribution in [0.3, 0.4) is 0 Å². The quantitative estimate of drug-likeness (QED) is 0.248. The molecule has 0 aromatic rings. The maximum absolute atomic E-state index is 13.4. The smallest absolute Gasteiger partial charge is 0.307 e. The molecular formula is C42H71NO5. The number of nitrogens with zero attached hydrogens (tertiary/aromatic N) is 1. The number of ether oxygens (including phenoxy) is 3. The molecule has 48 heavy (non-hydrogen) atoms. The minimum Gasteiger partial charge on any atom is -0.481 e. The molecule has 4 aliphatic carbocycles. The summed E-state index contributed by atoms with van der Waals surface area (Å²) in [7, 11) is 1.90. The molecule has 0 radical (unpaired) electrons. The van der Waals surface area contributed by atoms with Crippen LogP contribution in [0.15, 0.2) is 11.6 Å². The summed E-state index contributed by atoms with van der Waals surface area (Å²) in [5.41, 5.74) is 0.734. The van der Waals surface area contributed by atoms with Crippen molar-refractivity contribution < 1.29 is 24.1 Å². The van der Waals surface area contributed by atoms with E-state index in [2.05, 4.69) is 80.2 Å². The molecule has 2 bridgehead atoms. The van der Waals surface area contributed by atoms with Crippen LogP contribution in [0.25, 0.3) is 0 Å². The maximum atomic E-state index is 13.4. The summed E-state index contributed by atoms with van der Waals surface area (Å²) in [6.45, 7) is 28.1. The first-order valence-corrected chi connectivity index (χ1v) is 19.9. The van der Waals surface area contributed by atoms with Crippen molar-refractivity contribution in [3.8, 4) is 0 Å². The molecular weight excluding hydrogens is 598 g/mol. The number of rotatable bonds is 9. The van der Waals surface area contributed by atoms with Crippen molar-refractivity contribution in [2.45, 2.75) is 145 Å². The van der Waals surface area contributed by atoms with Crippen molar-refractivity contribution in [1.82, 2.24) is 4.90 Å². The predicted molar refractivity (Wildman–Crippen MR) is 193 cm³/mol. The van der Waals surface area contributed by atoms with Crippen LogP contribution in [0.5, 0.6) is 0 Å². The Morgan fingerprint density at radius 3 is 2.31 bits per heavy atom. The number of allylic oxidation sites excluding steroid dienone is 1. The zero-order valence-electron chi connectivity index (χ0n) is 32.6. The zero-order chi connectivity index (χ0) is 35.1. The van der Waals surface area contributed by atoms with Gasteiger partial charge in [0.1, 0.15) is 0 Å². The third-order valence-corrected chi connectivity index (χ3v) is 17.2. The molecule has 1 N–H and O–H groups in total. The first-order valence-electron chi connectivity index (χ1n) is 19.9. The molecule has 0 amide bonds. The van der Waals surface area contributed by atoms with Gasteiger partial charge >= 0.3 is 5.97 Å². The Kier molecular flexibility index (Phi) is 9.68. The van der Waals surface area contributed by atoms with Gasteiger partial charge in [-0.15, -0.1) is 0 Å². The molecule has 6 rings (SSSR count). The monoisotopic (exact) mass is 670 g/mol. The Hall–Kier alpha value is -0.950. The second-order valence-corrected chi connectivity index (χ2v) is 19.6. The molecule has 2 aliphatic heterocycles. The summed E-state index contributed by atoms with van der Waals surface area (Å²) in [6, 6.07) is 0. The number of carboxylic acid groups (broad SMARTS) is 1. The first kappa shape index (κ1) is 36.8. The van der Waals surface area contributed by atoms with Crippen molar-refractivity contribution in [1.29, 1.82) is 0 Å². The van der Waals surface area contributed by atoms with Gasteiger partial charge in [-0.2, -0.15) is 0 Å². The fourth-order valence-corrected chi connectivity index (χ4v) is 13.4. The zero-order valence-corrected chi connectivity index (χ0v) is 32.6. The number of carbonyl (C=O) groups is 1. The highest BCUT2D eigenvalue weighted by molar-refractivity contribution is 5.73. The molecule has 6 heteroatoms. The van der Waals surface area contributed by atoms with Crippen molar-refractivity contribution in [3.63, 3.8) is 0 Å². The van der Waals surface area contributed by atoms with Crippen LogP contribution in [0.2, 0.25) is 0 Å². The maximum Gasteiger partial charge on any atom is 0.307 e. The molecule has 0 aromatic heterocycles. The van der Waals surface area contributed by atoms with E-state index in [4.69, 9.17) is 14.2 Å². The largest absolute Gasteiger partial charge is 0.481 e. The van der Waals surface area contributed by atoms with Gasteiger partial charge in [0.15, 0.2) is 0 Å². The number of methoxy groups -OCH3 is 1. The topological polar surface area (TPSA) is 68.2 Å². The van der Waals surface area contributed by atoms with Crippen molar-refractivity contribution in [3.05, 3.63) is 11.6 Å². The van der Waals surface area contributed by atoms with E-state index in [0.717, 1.165) is 64.8 Å². The fraction of sp³-hybridized carbons (Fsp3) is 0.929. The summed E-state index contributed by atoms with van der Waals surface area (Å²) in [5.74, 6) is 1.17. The predicted octanol–water partition coefficient (Wildman–Crippen LogP) is 8.88. The van der Waals surface area contributed by atoms with Crippen LogP contribution in [-0.4, -0.2) is 73.7 Å². The van der Waals surface area contributed by atoms with Gasteiger partial charge in [0.05, 0.1) is 37.9 Å². The Bertz CT molecular complexity index is 1240. The molecule has 274 valence electrons. The Labute approximate surface area is 293 Å². The number of hydrogen-bond donors (Lipinski definition) is 1. The molecule has 0 spiro atoms. The average Bonchev–Trinajstić information content (AvgIpc) is 3.04. The van der Waals surface area contributed by atoms with Crippen molar-refractivity contribution in [2.75, 3.05) is 40.0 Å². The van der Waals surface area contributed by atoms with Gasteiger partial charge in [-0.25, -0.2) is 0 Å². The van der Waals surface area contributed by atoms with E-state index in [1.54, 1.807) is 5.57 Å². The lowest BCUT2D eigenvalue weighted by molar-refractivity contribution is -0.272. The molecule has 3 saturated carbocycles. The van der Waals surface area contributed by atoms with Gasteiger partial charge in [-0.1, -0.05) is 80.4 Å². The summed E-state index contributed by atoms with van der Waals surface area (Å²) < 4.78 is 20.4. The second kappa shape index (κ2) is 12.6. The molecule has 2 saturated heterocycles. The molecule has 12 atom stereocenters. The molecule has 0 aromatic carbocycles. The summed E-state index contributed by atoms with van der Waals surface area (Å²) >= 11 is 0. The Morgan fingerprint density at radius 1 is 1.02 bits per heavy atom. The lowest BCUT2D eigenvalue weighted by Crippen LogP contribution is -2.70. The van der Waals surface area contributed by atoms with Crippen molar-refractivity contribution in [2.24, 2.45) is 62.6 Å². The number of likely N-dealkylation sites (tertiary alicyclic amines) is 1. The number of piperidine rings is 1. The van der Waals surface area contributed by atoms with Crippen LogP contribution in [0.4, 0.5) is 0 Å². The van der Waals surface area contributed by atoms with E-state index in [9.17, 15) is 9.90 Å². The van der Waals surface area contributed by atoms with Gasteiger partial charge in [0.25, 0.3) is 0 Å². The normalized spacial score (nSPS) is 46.6. The van der Waals surface area contributed by atoms with E-state index in [1.807, 2.05) is 7.11 Å². The van der Waals surface area contributed by atoms with Crippen molar-refractivity contribution >= 4 is 5.97 Å². The summed E-state index contributed by atoms with van der Waals surface area (Å²) in [4.78, 5) is 16.1. The minimum absolute atomic E-state index is 0.00184. The van der Waals surface area contributed by atoms with Crippen LogP contribution < -0.4 is 0 Å². The number of carboxylic acids is 1. The first-order chi connectivity index (χ1) is 22.5. The van der Waals surface area contributed by atoms with Gasteiger partial charge < -0.3 is 19.3 Å². The van der Waals surface area contributed by atoms with Crippen LogP contribution in [-0.2, 0) is 19.0 Å². The highest BCUT2D eigenvalue weighted by Crippen LogP contribution is 2.75. The molecule has 0 unspecified atom stereocenters. The average molecular weight is 670 g/mol. The van der Waals surface area contributed by atoms with Gasteiger partial charge in [-0.3, -0.25) is 9.69 Å². The summed E-state index contributed by atoms with van der Waals surface area (Å²) in [6.07, 6.45) is 12.5.